The minimum absolute atomic E-state index is 0. The molecule has 1 rings (SSSR count). The zero-order valence-corrected chi connectivity index (χ0v) is 23.8. The number of carboxylic acid groups (broad SMARTS) is 2. The Kier molecular flexibility index (Phi) is 27.5. The van der Waals surface area contributed by atoms with Crippen molar-refractivity contribution in [2.24, 2.45) is 0 Å². The maximum absolute atomic E-state index is 10.3. The van der Waals surface area contributed by atoms with E-state index in [0.29, 0.717) is 11.7 Å². The predicted molar refractivity (Wildman–Crippen MR) is 144 cm³/mol. The number of phenols is 1. The first-order chi connectivity index (χ1) is 15.5. The molecule has 0 aliphatic carbocycles. The number of benzene rings is 1. The van der Waals surface area contributed by atoms with Gasteiger partial charge >= 0.3 is 43.9 Å². The zero-order valence-electron chi connectivity index (χ0n) is 23.6. The van der Waals surface area contributed by atoms with Gasteiger partial charge in [-0.3, -0.25) is 0 Å². The minimum atomic E-state index is -1.83. The number of aromatic hydroxyl groups is 1. The molecule has 0 spiro atoms. The summed E-state index contributed by atoms with van der Waals surface area (Å²) in [5, 5.41) is 24.3. The number of para-hydroxylation sites is 1. The molecule has 0 amide bonds. The van der Waals surface area contributed by atoms with E-state index in [0.717, 1.165) is 0 Å². The van der Waals surface area contributed by atoms with Crippen molar-refractivity contribution < 1.29 is 23.0 Å². The topological polar surface area (TPSA) is 77.8 Å². The average molecular weight is 493 g/mol. The maximum Gasteiger partial charge on any atom is 2.00 e. The van der Waals surface area contributed by atoms with Gasteiger partial charge in [-0.2, -0.15) is 0 Å². The second-order valence-corrected chi connectivity index (χ2v) is 9.07. The van der Waals surface area contributed by atoms with Gasteiger partial charge in [0.25, 0.3) is 0 Å². The van der Waals surface area contributed by atoms with Crippen LogP contribution in [0.5, 0.6) is 5.75 Å². The molecule has 1 unspecified atom stereocenters. The van der Waals surface area contributed by atoms with Crippen molar-refractivity contribution in [2.45, 2.75) is 135 Å². The number of hydrogen-bond donors (Lipinski definition) is 3. The van der Waals surface area contributed by atoms with Gasteiger partial charge in [0.2, 0.25) is 0 Å². The Labute approximate surface area is 236 Å². The molecule has 0 heterocycles. The van der Waals surface area contributed by atoms with Crippen molar-refractivity contribution in [1.82, 2.24) is 0 Å². The zero-order chi connectivity index (χ0) is 23.9. The Morgan fingerprint density at radius 3 is 1.39 bits per heavy atom. The van der Waals surface area contributed by atoms with Gasteiger partial charge in [0.15, 0.2) is 0 Å². The van der Waals surface area contributed by atoms with E-state index < -0.39 is 6.16 Å². The van der Waals surface area contributed by atoms with Crippen molar-refractivity contribution in [3.63, 3.8) is 0 Å². The van der Waals surface area contributed by atoms with E-state index in [1.165, 1.54) is 121 Å². The number of rotatable bonds is 19. The van der Waals surface area contributed by atoms with E-state index in [4.69, 9.17) is 15.0 Å². The molecule has 4 nitrogen and oxygen atoms in total. The molecule has 0 bridgehead atoms. The minimum Gasteiger partial charge on any atom is -1.00 e. The normalized spacial score (nSPS) is 11.2. The average Bonchev–Trinajstić information content (AvgIpc) is 2.76. The van der Waals surface area contributed by atoms with Gasteiger partial charge in [0.1, 0.15) is 5.75 Å². The molecule has 0 aliphatic heterocycles. The third kappa shape index (κ3) is 23.1. The Balaban J connectivity index is -0.000000635. The van der Waals surface area contributed by atoms with Gasteiger partial charge in [-0.25, -0.2) is 4.79 Å². The van der Waals surface area contributed by atoms with Gasteiger partial charge in [0, 0.05) is 0 Å². The third-order valence-corrected chi connectivity index (χ3v) is 6.19. The van der Waals surface area contributed by atoms with Crippen LogP contribution < -0.4 is 0 Å². The summed E-state index contributed by atoms with van der Waals surface area (Å²) in [7, 11) is 0. The van der Waals surface area contributed by atoms with Crippen molar-refractivity contribution in [1.29, 1.82) is 0 Å². The third-order valence-electron chi connectivity index (χ3n) is 6.19. The van der Waals surface area contributed by atoms with Crippen LogP contribution in [0.15, 0.2) is 24.3 Å². The Morgan fingerprint density at radius 2 is 1.03 bits per heavy atom. The van der Waals surface area contributed by atoms with Crippen molar-refractivity contribution in [2.75, 3.05) is 0 Å². The van der Waals surface area contributed by atoms with Gasteiger partial charge in [-0.1, -0.05) is 135 Å². The molecule has 0 saturated heterocycles. The van der Waals surface area contributed by atoms with Crippen LogP contribution in [0.3, 0.4) is 0 Å². The van der Waals surface area contributed by atoms with Crippen LogP contribution >= 0.6 is 0 Å². The fourth-order valence-electron chi connectivity index (χ4n) is 4.34. The SMILES string of the molecule is CCCCCCCCCCCCC(CCCCCCCC)c1ccccc1O.O=C(O)O.[Ca+2].[H-].[H-]. The molecular formula is C28H52CaO4. The van der Waals surface area contributed by atoms with E-state index in [9.17, 15) is 5.11 Å². The molecule has 1 aromatic carbocycles. The fourth-order valence-corrected chi connectivity index (χ4v) is 4.34. The van der Waals surface area contributed by atoms with Crippen molar-refractivity contribution in [3.8, 4) is 5.75 Å². The van der Waals surface area contributed by atoms with Gasteiger partial charge in [-0.15, -0.1) is 0 Å². The summed E-state index contributed by atoms with van der Waals surface area (Å²) in [6.07, 6.45) is 22.7. The van der Waals surface area contributed by atoms with Crippen LogP contribution in [0.4, 0.5) is 4.79 Å². The van der Waals surface area contributed by atoms with Crippen molar-refractivity contribution >= 4 is 43.9 Å². The predicted octanol–water partition coefficient (Wildman–Crippen LogP) is 9.60. The summed E-state index contributed by atoms with van der Waals surface area (Å²) in [5.74, 6) is 1.05. The molecule has 5 heteroatoms. The van der Waals surface area contributed by atoms with E-state index in [1.54, 1.807) is 0 Å². The smallest absolute Gasteiger partial charge is 1.00 e. The van der Waals surface area contributed by atoms with Crippen LogP contribution in [-0.2, 0) is 0 Å². The Hall–Kier alpha value is -0.450. The van der Waals surface area contributed by atoms with Gasteiger partial charge < -0.3 is 18.2 Å². The summed E-state index contributed by atoms with van der Waals surface area (Å²) < 4.78 is 0. The second kappa shape index (κ2) is 26.2. The Bertz CT molecular complexity index is 558. The van der Waals surface area contributed by atoms with E-state index >= 15 is 0 Å². The molecular weight excluding hydrogens is 440 g/mol. The van der Waals surface area contributed by atoms with Gasteiger partial charge in [0.05, 0.1) is 0 Å². The number of carbonyl (C=O) groups is 1. The summed E-state index contributed by atoms with van der Waals surface area (Å²) in [4.78, 5) is 8.56. The molecule has 0 aliphatic rings. The number of unbranched alkanes of at least 4 members (excludes halogenated alkanes) is 14. The quantitative estimate of drug-likeness (QED) is 0.133. The first-order valence-corrected chi connectivity index (χ1v) is 13.2. The molecule has 1 atom stereocenters. The second-order valence-electron chi connectivity index (χ2n) is 9.07. The molecule has 190 valence electrons. The van der Waals surface area contributed by atoms with Crippen LogP contribution in [0.2, 0.25) is 0 Å². The van der Waals surface area contributed by atoms with Crippen molar-refractivity contribution in [3.05, 3.63) is 29.8 Å². The van der Waals surface area contributed by atoms with E-state index in [2.05, 4.69) is 26.0 Å². The van der Waals surface area contributed by atoms with E-state index in [1.807, 2.05) is 12.1 Å². The summed E-state index contributed by atoms with van der Waals surface area (Å²) in [6.45, 7) is 4.57. The molecule has 0 saturated carbocycles. The van der Waals surface area contributed by atoms with Crippen LogP contribution in [0.25, 0.3) is 0 Å². The summed E-state index contributed by atoms with van der Waals surface area (Å²) in [6, 6.07) is 8.04. The van der Waals surface area contributed by atoms with Crippen LogP contribution in [-0.4, -0.2) is 59.2 Å². The van der Waals surface area contributed by atoms with Crippen LogP contribution in [0.1, 0.15) is 144 Å². The molecule has 1 aromatic rings. The molecule has 0 fully saturated rings. The largest absolute Gasteiger partial charge is 2.00 e. The molecule has 0 aromatic heterocycles. The summed E-state index contributed by atoms with van der Waals surface area (Å²) >= 11 is 0. The number of hydrogen-bond acceptors (Lipinski definition) is 2. The fraction of sp³-hybridized carbons (Fsp3) is 0.750. The first kappa shape index (κ1) is 34.7. The van der Waals surface area contributed by atoms with E-state index in [-0.39, 0.29) is 40.6 Å². The van der Waals surface area contributed by atoms with Gasteiger partial charge in [-0.05, 0) is 30.4 Å². The monoisotopic (exact) mass is 492 g/mol. The maximum atomic E-state index is 10.3. The standard InChI is InChI=1S/C27H48O.CH2O3.Ca.2H/c1-3-5-7-9-11-12-13-14-16-18-22-25(21-17-15-10-8-6-4-2)26-23-19-20-24-27(26)28;2-1(3)4;;;/h19-20,23-25,28H,3-18,21-22H2,1-2H3;(H2,2,3,4);;;/q;;+2;2*-1. The molecule has 33 heavy (non-hydrogen) atoms. The molecule has 0 radical (unpaired) electrons. The first-order valence-electron chi connectivity index (χ1n) is 13.2. The molecule has 3 N–H and O–H groups in total. The van der Waals surface area contributed by atoms with Crippen LogP contribution in [0, 0.1) is 0 Å². The number of phenolic OH excluding ortho intramolecular Hbond substituents is 1. The summed E-state index contributed by atoms with van der Waals surface area (Å²) in [5.41, 5.74) is 1.19. The Morgan fingerprint density at radius 1 is 0.697 bits per heavy atom.